The molecule has 19 heavy (non-hydrogen) atoms. The van der Waals surface area contributed by atoms with Crippen molar-refractivity contribution in [3.63, 3.8) is 0 Å². The third kappa shape index (κ3) is 3.66. The average Bonchev–Trinajstić information content (AvgIpc) is 2.86. The van der Waals surface area contributed by atoms with Crippen LogP contribution >= 0.6 is 0 Å². The molecule has 0 amide bonds. The molecule has 1 unspecified atom stereocenters. The fraction of sp³-hybridized carbons (Fsp3) is 0.733. The summed E-state index contributed by atoms with van der Waals surface area (Å²) in [6.45, 7) is 10.5. The van der Waals surface area contributed by atoms with Gasteiger partial charge in [-0.05, 0) is 32.2 Å². The first-order chi connectivity index (χ1) is 9.24. The van der Waals surface area contributed by atoms with E-state index in [9.17, 15) is 0 Å². The minimum Gasteiger partial charge on any atom is -0.341 e. The molecule has 0 radical (unpaired) electrons. The lowest BCUT2D eigenvalue weighted by Gasteiger charge is -2.17. The maximum Gasteiger partial charge on any atom is 0.225 e. The Balaban J connectivity index is 2.00. The van der Waals surface area contributed by atoms with Crippen molar-refractivity contribution in [1.29, 1.82) is 0 Å². The standard InChI is InChI=1S/C15H26N4/c1-4-6-13-7-8-19(11-13)15-17-10-14(9-16-5-2)12(3)18-15/h10,13,16H,4-9,11H2,1-3H3. The fourth-order valence-electron chi connectivity index (χ4n) is 2.72. The molecule has 0 aromatic carbocycles. The van der Waals surface area contributed by atoms with Gasteiger partial charge in [-0.2, -0.15) is 0 Å². The lowest BCUT2D eigenvalue weighted by atomic mass is 10.0. The van der Waals surface area contributed by atoms with E-state index in [-0.39, 0.29) is 0 Å². The van der Waals surface area contributed by atoms with Crippen LogP contribution in [0.2, 0.25) is 0 Å². The Labute approximate surface area is 116 Å². The highest BCUT2D eigenvalue weighted by atomic mass is 15.3. The van der Waals surface area contributed by atoms with Crippen LogP contribution in [0.3, 0.4) is 0 Å². The third-order valence-electron chi connectivity index (χ3n) is 3.90. The van der Waals surface area contributed by atoms with Crippen molar-refractivity contribution < 1.29 is 0 Å². The lowest BCUT2D eigenvalue weighted by Crippen LogP contribution is -2.23. The van der Waals surface area contributed by atoms with E-state index in [1.54, 1.807) is 0 Å². The summed E-state index contributed by atoms with van der Waals surface area (Å²) in [6, 6.07) is 0. The number of rotatable bonds is 6. The molecule has 0 bridgehead atoms. The van der Waals surface area contributed by atoms with E-state index in [1.807, 2.05) is 6.20 Å². The Morgan fingerprint density at radius 3 is 2.95 bits per heavy atom. The van der Waals surface area contributed by atoms with Gasteiger partial charge in [-0.1, -0.05) is 20.3 Å². The Bertz CT molecular complexity index is 405. The first-order valence-corrected chi connectivity index (χ1v) is 7.52. The predicted octanol–water partition coefficient (Wildman–Crippen LogP) is 2.52. The number of aromatic nitrogens is 2. The molecule has 2 heterocycles. The molecule has 1 aliphatic rings. The third-order valence-corrected chi connectivity index (χ3v) is 3.90. The zero-order valence-corrected chi connectivity index (χ0v) is 12.4. The molecule has 1 aromatic heterocycles. The summed E-state index contributed by atoms with van der Waals surface area (Å²) in [5, 5.41) is 3.32. The molecular formula is C15H26N4. The SMILES string of the molecule is CCCC1CCN(c2ncc(CNCC)c(C)n2)C1. The van der Waals surface area contributed by atoms with Crippen molar-refractivity contribution >= 4 is 5.95 Å². The number of hydrogen-bond acceptors (Lipinski definition) is 4. The van der Waals surface area contributed by atoms with Gasteiger partial charge in [0.25, 0.3) is 0 Å². The van der Waals surface area contributed by atoms with Crippen LogP contribution in [0.5, 0.6) is 0 Å². The maximum atomic E-state index is 4.68. The van der Waals surface area contributed by atoms with Gasteiger partial charge in [-0.25, -0.2) is 9.97 Å². The first-order valence-electron chi connectivity index (χ1n) is 7.52. The summed E-state index contributed by atoms with van der Waals surface area (Å²) in [4.78, 5) is 11.6. The van der Waals surface area contributed by atoms with Gasteiger partial charge in [-0.3, -0.25) is 0 Å². The second kappa shape index (κ2) is 6.85. The molecule has 106 valence electrons. The second-order valence-electron chi connectivity index (χ2n) is 5.45. The van der Waals surface area contributed by atoms with Crippen LogP contribution in [-0.2, 0) is 6.54 Å². The summed E-state index contributed by atoms with van der Waals surface area (Å²) < 4.78 is 0. The van der Waals surface area contributed by atoms with Gasteiger partial charge in [0.1, 0.15) is 0 Å². The molecule has 0 spiro atoms. The zero-order chi connectivity index (χ0) is 13.7. The van der Waals surface area contributed by atoms with Crippen molar-refractivity contribution in [2.45, 2.75) is 46.6 Å². The zero-order valence-electron chi connectivity index (χ0n) is 12.4. The van der Waals surface area contributed by atoms with Gasteiger partial charge in [-0.15, -0.1) is 0 Å². The molecule has 1 saturated heterocycles. The second-order valence-corrected chi connectivity index (χ2v) is 5.45. The van der Waals surface area contributed by atoms with Gasteiger partial charge in [0.15, 0.2) is 0 Å². The predicted molar refractivity (Wildman–Crippen MR) is 79.4 cm³/mol. The van der Waals surface area contributed by atoms with Crippen LogP contribution in [-0.4, -0.2) is 29.6 Å². The van der Waals surface area contributed by atoms with Gasteiger partial charge >= 0.3 is 0 Å². The molecule has 0 saturated carbocycles. The van der Waals surface area contributed by atoms with Crippen molar-refractivity contribution in [3.05, 3.63) is 17.5 Å². The molecule has 2 rings (SSSR count). The molecule has 1 aliphatic heterocycles. The largest absolute Gasteiger partial charge is 0.341 e. The molecule has 4 heteroatoms. The number of anilines is 1. The van der Waals surface area contributed by atoms with E-state index in [1.165, 1.54) is 24.8 Å². The first kappa shape index (κ1) is 14.3. The maximum absolute atomic E-state index is 4.68. The van der Waals surface area contributed by atoms with E-state index in [0.717, 1.165) is 43.7 Å². The topological polar surface area (TPSA) is 41.1 Å². The van der Waals surface area contributed by atoms with E-state index in [4.69, 9.17) is 0 Å². The quantitative estimate of drug-likeness (QED) is 0.855. The molecule has 4 nitrogen and oxygen atoms in total. The molecular weight excluding hydrogens is 236 g/mol. The summed E-state index contributed by atoms with van der Waals surface area (Å²) in [5.41, 5.74) is 2.31. The van der Waals surface area contributed by atoms with Gasteiger partial charge in [0.2, 0.25) is 5.95 Å². The monoisotopic (exact) mass is 262 g/mol. The van der Waals surface area contributed by atoms with Crippen LogP contribution in [0.1, 0.15) is 44.4 Å². The number of aryl methyl sites for hydroxylation is 1. The molecule has 0 aliphatic carbocycles. The van der Waals surface area contributed by atoms with Crippen LogP contribution in [0, 0.1) is 12.8 Å². The lowest BCUT2D eigenvalue weighted by molar-refractivity contribution is 0.529. The van der Waals surface area contributed by atoms with Gasteiger partial charge in [0.05, 0.1) is 0 Å². The van der Waals surface area contributed by atoms with E-state index in [0.29, 0.717) is 0 Å². The van der Waals surface area contributed by atoms with Crippen LogP contribution in [0.4, 0.5) is 5.95 Å². The minimum atomic E-state index is 0.829. The highest BCUT2D eigenvalue weighted by Gasteiger charge is 2.23. The Kier molecular flexibility index (Phi) is 5.14. The number of nitrogens with one attached hydrogen (secondary N) is 1. The number of hydrogen-bond donors (Lipinski definition) is 1. The van der Waals surface area contributed by atoms with Crippen LogP contribution < -0.4 is 10.2 Å². The molecule has 1 aromatic rings. The Morgan fingerprint density at radius 2 is 2.26 bits per heavy atom. The average molecular weight is 262 g/mol. The highest BCUT2D eigenvalue weighted by Crippen LogP contribution is 2.24. The van der Waals surface area contributed by atoms with E-state index < -0.39 is 0 Å². The Hall–Kier alpha value is -1.16. The highest BCUT2D eigenvalue weighted by molar-refractivity contribution is 5.34. The summed E-state index contributed by atoms with van der Waals surface area (Å²) >= 11 is 0. The van der Waals surface area contributed by atoms with E-state index >= 15 is 0 Å². The Morgan fingerprint density at radius 1 is 1.42 bits per heavy atom. The van der Waals surface area contributed by atoms with Gasteiger partial charge in [0, 0.05) is 37.1 Å². The van der Waals surface area contributed by atoms with Gasteiger partial charge < -0.3 is 10.2 Å². The molecule has 1 atom stereocenters. The summed E-state index contributed by atoms with van der Waals surface area (Å²) in [6.07, 6.45) is 5.87. The van der Waals surface area contributed by atoms with Crippen molar-refractivity contribution in [3.8, 4) is 0 Å². The number of nitrogens with zero attached hydrogens (tertiary/aromatic N) is 3. The van der Waals surface area contributed by atoms with Crippen molar-refractivity contribution in [2.75, 3.05) is 24.5 Å². The molecule has 1 fully saturated rings. The van der Waals surface area contributed by atoms with Crippen LogP contribution in [0.15, 0.2) is 6.20 Å². The summed E-state index contributed by atoms with van der Waals surface area (Å²) in [7, 11) is 0. The minimum absolute atomic E-state index is 0.829. The van der Waals surface area contributed by atoms with Crippen LogP contribution in [0.25, 0.3) is 0 Å². The van der Waals surface area contributed by atoms with Crippen molar-refractivity contribution in [2.24, 2.45) is 5.92 Å². The normalized spacial score (nSPS) is 19.1. The smallest absolute Gasteiger partial charge is 0.225 e. The summed E-state index contributed by atoms with van der Waals surface area (Å²) in [5.74, 6) is 1.74. The fourth-order valence-corrected chi connectivity index (χ4v) is 2.72. The van der Waals surface area contributed by atoms with E-state index in [2.05, 4.69) is 41.0 Å². The molecule has 1 N–H and O–H groups in total. The van der Waals surface area contributed by atoms with Crippen molar-refractivity contribution in [1.82, 2.24) is 15.3 Å².